The minimum atomic E-state index is -0.144. The number of hydrogen-bond acceptors (Lipinski definition) is 5. The summed E-state index contributed by atoms with van der Waals surface area (Å²) in [5.74, 6) is 0.544. The van der Waals surface area contributed by atoms with Crippen molar-refractivity contribution in [1.29, 1.82) is 0 Å². The molecule has 24 heavy (non-hydrogen) atoms. The van der Waals surface area contributed by atoms with Crippen LogP contribution in [0, 0.1) is 5.92 Å². The van der Waals surface area contributed by atoms with E-state index in [1.165, 1.54) is 0 Å². The molecule has 3 rings (SSSR count). The molecule has 7 nitrogen and oxygen atoms in total. The summed E-state index contributed by atoms with van der Waals surface area (Å²) >= 11 is 0. The maximum atomic E-state index is 12.6. The molecule has 2 aromatic heterocycles. The maximum absolute atomic E-state index is 12.6. The van der Waals surface area contributed by atoms with E-state index in [0.717, 1.165) is 12.1 Å². The molecule has 0 spiro atoms. The number of anilines is 1. The number of hydrogen-bond donors (Lipinski definition) is 2. The molecule has 0 saturated carbocycles. The van der Waals surface area contributed by atoms with Crippen LogP contribution < -0.4 is 15.4 Å². The van der Waals surface area contributed by atoms with Crippen molar-refractivity contribution < 1.29 is 9.53 Å². The first-order chi connectivity index (χ1) is 10.7. The van der Waals surface area contributed by atoms with Crippen molar-refractivity contribution in [3.05, 3.63) is 36.4 Å². The number of aryl methyl sites for hydroxylation is 1. The van der Waals surface area contributed by atoms with Crippen LogP contribution in [0.3, 0.4) is 0 Å². The summed E-state index contributed by atoms with van der Waals surface area (Å²) in [5, 5.41) is 10.4. The standard InChI is InChI=1S/C15H19N5O2.2ClH/c1-20-9-10(5-18-20)11-6-17-7-12(11)15(21)19-13-8-16-4-3-14(13)22-2;;/h3-5,8-9,11-12,17H,6-7H2,1-2H3,(H,19,21);2*1H/t11-,12+;;/m1../s1. The molecule has 0 aromatic carbocycles. The molecule has 132 valence electrons. The molecule has 0 aliphatic carbocycles. The summed E-state index contributed by atoms with van der Waals surface area (Å²) in [4.78, 5) is 16.6. The van der Waals surface area contributed by atoms with Crippen LogP contribution in [0.4, 0.5) is 5.69 Å². The van der Waals surface area contributed by atoms with Crippen LogP contribution in [0.25, 0.3) is 0 Å². The van der Waals surface area contributed by atoms with E-state index >= 15 is 0 Å². The van der Waals surface area contributed by atoms with Crippen LogP contribution >= 0.6 is 24.8 Å². The number of rotatable bonds is 4. The fraction of sp³-hybridized carbons (Fsp3) is 0.400. The number of carbonyl (C=O) groups is 1. The van der Waals surface area contributed by atoms with E-state index in [0.29, 0.717) is 18.0 Å². The molecular weight excluding hydrogens is 353 g/mol. The Labute approximate surface area is 153 Å². The van der Waals surface area contributed by atoms with Crippen LogP contribution in [0.15, 0.2) is 30.9 Å². The van der Waals surface area contributed by atoms with Gasteiger partial charge in [-0.05, 0) is 5.56 Å². The molecule has 0 bridgehead atoms. The van der Waals surface area contributed by atoms with Gasteiger partial charge in [0, 0.05) is 44.5 Å². The molecule has 1 amide bonds. The number of aromatic nitrogens is 3. The largest absolute Gasteiger partial charge is 0.494 e. The average molecular weight is 374 g/mol. The highest BCUT2D eigenvalue weighted by Gasteiger charge is 2.35. The zero-order valence-corrected chi connectivity index (χ0v) is 15.1. The molecule has 0 radical (unpaired) electrons. The fourth-order valence-electron chi connectivity index (χ4n) is 2.82. The molecule has 2 atom stereocenters. The lowest BCUT2D eigenvalue weighted by molar-refractivity contribution is -0.119. The minimum Gasteiger partial charge on any atom is -0.494 e. The van der Waals surface area contributed by atoms with Crippen molar-refractivity contribution >= 4 is 36.4 Å². The fourth-order valence-corrected chi connectivity index (χ4v) is 2.82. The smallest absolute Gasteiger partial charge is 0.229 e. The highest BCUT2D eigenvalue weighted by molar-refractivity contribution is 5.94. The van der Waals surface area contributed by atoms with Crippen molar-refractivity contribution in [2.75, 3.05) is 25.5 Å². The highest BCUT2D eigenvalue weighted by atomic mass is 35.5. The van der Waals surface area contributed by atoms with Crippen LogP contribution in [-0.2, 0) is 11.8 Å². The number of amides is 1. The van der Waals surface area contributed by atoms with Gasteiger partial charge in [-0.2, -0.15) is 5.10 Å². The second-order valence-corrected chi connectivity index (χ2v) is 5.38. The number of nitrogens with zero attached hydrogens (tertiary/aromatic N) is 3. The number of carbonyl (C=O) groups excluding carboxylic acids is 1. The molecule has 1 aliphatic rings. The Balaban J connectivity index is 0.00000144. The van der Waals surface area contributed by atoms with Gasteiger partial charge in [-0.25, -0.2) is 0 Å². The molecule has 3 heterocycles. The monoisotopic (exact) mass is 373 g/mol. The van der Waals surface area contributed by atoms with Crippen LogP contribution in [0.1, 0.15) is 11.5 Å². The topological polar surface area (TPSA) is 81.1 Å². The van der Waals surface area contributed by atoms with Crippen LogP contribution in [0.2, 0.25) is 0 Å². The van der Waals surface area contributed by atoms with Crippen molar-refractivity contribution in [2.24, 2.45) is 13.0 Å². The van der Waals surface area contributed by atoms with E-state index in [1.54, 1.807) is 30.3 Å². The lowest BCUT2D eigenvalue weighted by Crippen LogP contribution is -2.28. The molecule has 9 heteroatoms. The van der Waals surface area contributed by atoms with E-state index < -0.39 is 0 Å². The van der Waals surface area contributed by atoms with Gasteiger partial charge in [0.1, 0.15) is 11.4 Å². The third kappa shape index (κ3) is 4.17. The van der Waals surface area contributed by atoms with Gasteiger partial charge in [0.25, 0.3) is 0 Å². The summed E-state index contributed by atoms with van der Waals surface area (Å²) in [7, 11) is 3.45. The third-order valence-electron chi connectivity index (χ3n) is 3.96. The second kappa shape index (κ2) is 8.86. The van der Waals surface area contributed by atoms with Crippen LogP contribution in [-0.4, -0.2) is 40.9 Å². The molecule has 1 aliphatic heterocycles. The number of halogens is 2. The SMILES string of the molecule is COc1ccncc1NC(=O)[C@H]1CNC[C@@H]1c1cnn(C)c1.Cl.Cl. The Morgan fingerprint density at radius 3 is 2.83 bits per heavy atom. The first kappa shape index (κ1) is 20.2. The number of nitrogens with one attached hydrogen (secondary N) is 2. The Kier molecular flexibility index (Phi) is 7.47. The van der Waals surface area contributed by atoms with E-state index in [2.05, 4.69) is 20.7 Å². The first-order valence-corrected chi connectivity index (χ1v) is 7.17. The van der Waals surface area contributed by atoms with Gasteiger partial charge in [0.2, 0.25) is 5.91 Å². The molecule has 2 N–H and O–H groups in total. The van der Waals surface area contributed by atoms with Gasteiger partial charge in [0.15, 0.2) is 0 Å². The normalized spacial score (nSPS) is 19.1. The van der Waals surface area contributed by atoms with Gasteiger partial charge in [-0.3, -0.25) is 14.5 Å². The number of pyridine rings is 1. The molecule has 0 unspecified atom stereocenters. The minimum absolute atomic E-state index is 0. The lowest BCUT2D eigenvalue weighted by Gasteiger charge is -2.17. The Hall–Kier alpha value is -1.83. The third-order valence-corrected chi connectivity index (χ3v) is 3.96. The van der Waals surface area contributed by atoms with E-state index in [4.69, 9.17) is 4.74 Å². The van der Waals surface area contributed by atoms with Crippen molar-refractivity contribution in [3.8, 4) is 5.75 Å². The highest BCUT2D eigenvalue weighted by Crippen LogP contribution is 2.30. The van der Waals surface area contributed by atoms with E-state index in [1.807, 2.05) is 19.4 Å². The van der Waals surface area contributed by atoms with Gasteiger partial charge in [-0.1, -0.05) is 0 Å². The van der Waals surface area contributed by atoms with Crippen molar-refractivity contribution in [3.63, 3.8) is 0 Å². The second-order valence-electron chi connectivity index (χ2n) is 5.38. The number of ether oxygens (including phenoxy) is 1. The molecular formula is C15H21Cl2N5O2. The van der Waals surface area contributed by atoms with E-state index in [-0.39, 0.29) is 42.6 Å². The lowest BCUT2D eigenvalue weighted by atomic mass is 9.90. The van der Waals surface area contributed by atoms with Crippen molar-refractivity contribution in [2.45, 2.75) is 5.92 Å². The van der Waals surface area contributed by atoms with Gasteiger partial charge in [0.05, 0.1) is 25.4 Å². The molecule has 1 saturated heterocycles. The molecule has 1 fully saturated rings. The summed E-state index contributed by atoms with van der Waals surface area (Å²) in [5.41, 5.74) is 1.66. The summed E-state index contributed by atoms with van der Waals surface area (Å²) in [6.45, 7) is 1.42. The Morgan fingerprint density at radius 1 is 1.38 bits per heavy atom. The number of methoxy groups -OCH3 is 1. The van der Waals surface area contributed by atoms with Gasteiger partial charge < -0.3 is 15.4 Å². The zero-order valence-electron chi connectivity index (χ0n) is 13.4. The Morgan fingerprint density at radius 2 is 2.17 bits per heavy atom. The Bertz CT molecular complexity index is 679. The maximum Gasteiger partial charge on any atom is 0.229 e. The van der Waals surface area contributed by atoms with Gasteiger partial charge >= 0.3 is 0 Å². The van der Waals surface area contributed by atoms with Crippen LogP contribution in [0.5, 0.6) is 5.75 Å². The van der Waals surface area contributed by atoms with E-state index in [9.17, 15) is 4.79 Å². The molecule has 2 aromatic rings. The quantitative estimate of drug-likeness (QED) is 0.850. The predicted octanol–water partition coefficient (Wildman–Crippen LogP) is 1.61. The summed E-state index contributed by atoms with van der Waals surface area (Å²) < 4.78 is 7.00. The van der Waals surface area contributed by atoms with Gasteiger partial charge in [-0.15, -0.1) is 24.8 Å². The summed E-state index contributed by atoms with van der Waals surface area (Å²) in [6, 6.07) is 1.72. The van der Waals surface area contributed by atoms with Crippen molar-refractivity contribution in [1.82, 2.24) is 20.1 Å². The first-order valence-electron chi connectivity index (χ1n) is 7.17. The predicted molar refractivity (Wildman–Crippen MR) is 96.2 cm³/mol. The average Bonchev–Trinajstić information content (AvgIpc) is 3.16. The summed E-state index contributed by atoms with van der Waals surface area (Å²) in [6.07, 6.45) is 7.01. The zero-order chi connectivity index (χ0) is 15.5.